The van der Waals surface area contributed by atoms with Crippen LogP contribution < -0.4 is 4.90 Å². The fourth-order valence-corrected chi connectivity index (χ4v) is 6.52. The van der Waals surface area contributed by atoms with Crippen LogP contribution in [0, 0.1) is 11.8 Å². The lowest BCUT2D eigenvalue weighted by atomic mass is 9.82. The zero-order chi connectivity index (χ0) is 30.6. The summed E-state index contributed by atoms with van der Waals surface area (Å²) < 4.78 is 32.7. The second-order valence-electron chi connectivity index (χ2n) is 11.7. The van der Waals surface area contributed by atoms with Gasteiger partial charge in [0.1, 0.15) is 12.0 Å². The van der Waals surface area contributed by atoms with Crippen LogP contribution in [-0.2, 0) is 16.9 Å². The van der Waals surface area contributed by atoms with Gasteiger partial charge in [-0.1, -0.05) is 47.1 Å². The number of carbonyl (C=O) groups excluding carboxylic acids is 2. The minimum absolute atomic E-state index is 0.0818. The molecule has 2 fully saturated rings. The maximum Gasteiger partial charge on any atom is 0.280 e. The maximum atomic E-state index is 14.0. The van der Waals surface area contributed by atoms with Crippen molar-refractivity contribution < 1.29 is 28.0 Å². The molecule has 0 radical (unpaired) electrons. The summed E-state index contributed by atoms with van der Waals surface area (Å²) in [4.78, 5) is 31.2. The number of amides is 2. The van der Waals surface area contributed by atoms with Crippen molar-refractivity contribution in [2.24, 2.45) is 11.8 Å². The van der Waals surface area contributed by atoms with Crippen LogP contribution in [0.5, 0.6) is 0 Å². The monoisotopic (exact) mass is 614 g/mol. The number of benzene rings is 2. The largest absolute Gasteiger partial charge is 0.371 e. The van der Waals surface area contributed by atoms with Gasteiger partial charge in [-0.05, 0) is 67.7 Å². The van der Waals surface area contributed by atoms with Crippen LogP contribution in [-0.4, -0.2) is 71.5 Å². The normalized spacial score (nSPS) is 18.1. The molecule has 5 rings (SSSR count). The highest BCUT2D eigenvalue weighted by Crippen LogP contribution is 2.35. The molecule has 0 aliphatic carbocycles. The maximum absolute atomic E-state index is 14.0. The molecular weight excluding hydrogens is 578 g/mol. The first-order chi connectivity index (χ1) is 20.7. The molecule has 230 valence electrons. The summed E-state index contributed by atoms with van der Waals surface area (Å²) in [5, 5.41) is 15.0. The Morgan fingerprint density at radius 2 is 1.70 bits per heavy atom. The van der Waals surface area contributed by atoms with E-state index in [4.69, 9.17) is 16.1 Å². The quantitative estimate of drug-likeness (QED) is 0.338. The zero-order valence-electron chi connectivity index (χ0n) is 24.2. The Morgan fingerprint density at radius 1 is 1.05 bits per heavy atom. The van der Waals surface area contributed by atoms with Crippen molar-refractivity contribution in [2.45, 2.75) is 50.7 Å². The van der Waals surface area contributed by atoms with E-state index in [0.717, 1.165) is 50.9 Å². The van der Waals surface area contributed by atoms with Gasteiger partial charge in [0.25, 0.3) is 18.2 Å². The molecule has 43 heavy (non-hydrogen) atoms. The molecule has 3 aromatic rings. The van der Waals surface area contributed by atoms with Crippen LogP contribution >= 0.6 is 11.6 Å². The summed E-state index contributed by atoms with van der Waals surface area (Å²) in [6.45, 7) is 2.79. The first-order valence-electron chi connectivity index (χ1n) is 14.7. The first kappa shape index (κ1) is 30.9. The molecule has 1 atom stereocenters. The number of carbonyl (C=O) groups is 2. The van der Waals surface area contributed by atoms with Crippen LogP contribution in [0.25, 0.3) is 0 Å². The van der Waals surface area contributed by atoms with E-state index in [1.165, 1.54) is 23.3 Å². The number of halogens is 3. The molecule has 2 saturated heterocycles. The molecule has 2 aliphatic rings. The van der Waals surface area contributed by atoms with Crippen molar-refractivity contribution in [3.63, 3.8) is 0 Å². The number of alkyl halides is 2. The lowest BCUT2D eigenvalue weighted by Crippen LogP contribution is -2.53. The fraction of sp³-hybridized carbons (Fsp3) is 0.469. The number of likely N-dealkylation sites (tertiary alicyclic amines) is 1. The van der Waals surface area contributed by atoms with Gasteiger partial charge >= 0.3 is 0 Å². The number of hydrogen-bond donors (Lipinski definition) is 1. The summed E-state index contributed by atoms with van der Waals surface area (Å²) >= 11 is 6.55. The Morgan fingerprint density at radius 3 is 2.28 bits per heavy atom. The Kier molecular flexibility index (Phi) is 9.66. The van der Waals surface area contributed by atoms with E-state index in [1.54, 1.807) is 42.3 Å². The predicted octanol–water partition coefficient (Wildman–Crippen LogP) is 5.60. The number of nitrogens with zero attached hydrogens (tertiary/aromatic N) is 4. The molecule has 1 N–H and O–H groups in total. The molecule has 8 nitrogen and oxygen atoms in total. The van der Waals surface area contributed by atoms with Crippen molar-refractivity contribution in [1.82, 2.24) is 15.0 Å². The third-order valence-corrected chi connectivity index (χ3v) is 9.14. The summed E-state index contributed by atoms with van der Waals surface area (Å²) in [6, 6.07) is 14.7. The standard InChI is InChI=1S/C32H37ClF2N4O4/c1-37(21-25-13-18-43-36-25)29(40)27-8-7-26(20-28(27)33)38-14-9-22(10-15-38)19-23-11-16-39(17-12-23)31(41)32(42,30(34)35)24-5-3-2-4-6-24/h2-8,13,18,20,22-23,30,42H,9-12,14-17,19,21H2,1H3/t32-/m0/s1. The molecule has 2 aromatic carbocycles. The highest BCUT2D eigenvalue weighted by Gasteiger charge is 2.49. The molecule has 1 aromatic heterocycles. The van der Waals surface area contributed by atoms with Gasteiger partial charge in [-0.3, -0.25) is 9.59 Å². The average molecular weight is 615 g/mol. The molecule has 0 unspecified atom stereocenters. The van der Waals surface area contributed by atoms with Crippen LogP contribution in [0.15, 0.2) is 65.4 Å². The highest BCUT2D eigenvalue weighted by atomic mass is 35.5. The van der Waals surface area contributed by atoms with E-state index in [2.05, 4.69) is 10.1 Å². The summed E-state index contributed by atoms with van der Waals surface area (Å²) in [7, 11) is 1.70. The fourth-order valence-electron chi connectivity index (χ4n) is 6.26. The second-order valence-corrected chi connectivity index (χ2v) is 12.1. The minimum Gasteiger partial charge on any atom is -0.371 e. The van der Waals surface area contributed by atoms with Crippen molar-refractivity contribution in [3.8, 4) is 0 Å². The molecule has 0 spiro atoms. The molecule has 0 saturated carbocycles. The van der Waals surface area contributed by atoms with Crippen molar-refractivity contribution in [2.75, 3.05) is 38.1 Å². The Hall–Kier alpha value is -3.50. The van der Waals surface area contributed by atoms with Gasteiger partial charge in [0.05, 0.1) is 17.1 Å². The van der Waals surface area contributed by atoms with Crippen LogP contribution in [0.3, 0.4) is 0 Å². The van der Waals surface area contributed by atoms with Gasteiger partial charge in [0.2, 0.25) is 5.60 Å². The van der Waals surface area contributed by atoms with Gasteiger partial charge in [-0.15, -0.1) is 0 Å². The van der Waals surface area contributed by atoms with Crippen molar-refractivity contribution in [3.05, 3.63) is 82.7 Å². The van der Waals surface area contributed by atoms with E-state index >= 15 is 0 Å². The molecule has 3 heterocycles. The van der Waals surface area contributed by atoms with E-state index in [0.29, 0.717) is 47.8 Å². The average Bonchev–Trinajstić information content (AvgIpc) is 3.54. The van der Waals surface area contributed by atoms with Crippen molar-refractivity contribution >= 4 is 29.1 Å². The number of anilines is 1. The number of aliphatic hydroxyl groups is 1. The topological polar surface area (TPSA) is 90.1 Å². The third-order valence-electron chi connectivity index (χ3n) is 8.82. The summed E-state index contributed by atoms with van der Waals surface area (Å²) in [5.74, 6) is -0.170. The molecular formula is C32H37ClF2N4O4. The Balaban J connectivity index is 1.10. The summed E-state index contributed by atoms with van der Waals surface area (Å²) in [6.07, 6.45) is 2.76. The molecule has 11 heteroatoms. The Labute approximate surface area is 255 Å². The van der Waals surface area contributed by atoms with E-state index in [9.17, 15) is 23.5 Å². The van der Waals surface area contributed by atoms with Gasteiger partial charge < -0.3 is 24.3 Å². The number of hydrogen-bond acceptors (Lipinski definition) is 6. The molecule has 0 bridgehead atoms. The SMILES string of the molecule is CN(Cc1ccon1)C(=O)c1ccc(N2CCC(CC3CCN(C(=O)[C@](O)(c4ccccc4)C(F)F)CC3)CC2)cc1Cl. The minimum atomic E-state index is -3.22. The number of piperidine rings is 2. The second kappa shape index (κ2) is 13.4. The van der Waals surface area contributed by atoms with Crippen LogP contribution in [0.1, 0.15) is 53.7 Å². The summed E-state index contributed by atoms with van der Waals surface area (Å²) in [5.41, 5.74) is -0.833. The molecule has 2 amide bonds. The van der Waals surface area contributed by atoms with E-state index < -0.39 is 17.9 Å². The van der Waals surface area contributed by atoms with Crippen LogP contribution in [0.4, 0.5) is 14.5 Å². The van der Waals surface area contributed by atoms with E-state index in [1.807, 2.05) is 12.1 Å². The predicted molar refractivity (Wildman–Crippen MR) is 159 cm³/mol. The van der Waals surface area contributed by atoms with Gasteiger partial charge in [-0.2, -0.15) is 0 Å². The Bertz CT molecular complexity index is 1380. The highest BCUT2D eigenvalue weighted by molar-refractivity contribution is 6.34. The van der Waals surface area contributed by atoms with Crippen molar-refractivity contribution in [1.29, 1.82) is 0 Å². The first-order valence-corrected chi connectivity index (χ1v) is 15.1. The lowest BCUT2D eigenvalue weighted by Gasteiger charge is -2.39. The van der Waals surface area contributed by atoms with Crippen LogP contribution in [0.2, 0.25) is 5.02 Å². The number of aromatic nitrogens is 1. The van der Waals surface area contributed by atoms with E-state index in [-0.39, 0.29) is 11.5 Å². The van der Waals surface area contributed by atoms with Gasteiger partial charge in [0.15, 0.2) is 0 Å². The lowest BCUT2D eigenvalue weighted by molar-refractivity contribution is -0.173. The number of rotatable bonds is 9. The smallest absolute Gasteiger partial charge is 0.280 e. The zero-order valence-corrected chi connectivity index (χ0v) is 24.9. The van der Waals surface area contributed by atoms with Gasteiger partial charge in [0, 0.05) is 45.0 Å². The molecule has 2 aliphatic heterocycles. The van der Waals surface area contributed by atoms with Gasteiger partial charge in [-0.25, -0.2) is 8.78 Å². The third kappa shape index (κ3) is 6.86.